The zero-order valence-corrected chi connectivity index (χ0v) is 23.2. The quantitative estimate of drug-likeness (QED) is 0.185. The monoisotopic (exact) mass is 605 g/mol. The smallest absolute Gasteiger partial charge is 0.231 e. The minimum atomic E-state index is -0.0169. The predicted molar refractivity (Wildman–Crippen MR) is 161 cm³/mol. The van der Waals surface area contributed by atoms with Crippen molar-refractivity contribution in [1.82, 2.24) is 9.97 Å². The molecule has 1 aliphatic carbocycles. The molecule has 0 radical (unpaired) electrons. The summed E-state index contributed by atoms with van der Waals surface area (Å²) >= 11 is 2.34. The molecule has 2 aliphatic rings. The molecule has 38 heavy (non-hydrogen) atoms. The number of furan rings is 1. The molecule has 0 amide bonds. The van der Waals surface area contributed by atoms with Crippen LogP contribution in [0.3, 0.4) is 0 Å². The Labute approximate surface area is 234 Å². The van der Waals surface area contributed by atoms with E-state index in [9.17, 15) is 0 Å². The van der Waals surface area contributed by atoms with Gasteiger partial charge in [0.05, 0.1) is 9.61 Å². The molecular formula is C33H24IN3O. The van der Waals surface area contributed by atoms with Crippen molar-refractivity contribution < 1.29 is 4.42 Å². The number of anilines is 2. The molecule has 0 saturated heterocycles. The molecule has 0 N–H and O–H groups in total. The number of fused-ring (bicyclic) bond motifs is 8. The fraction of sp³-hybridized carbons (Fsp3) is 0.152. The highest BCUT2D eigenvalue weighted by molar-refractivity contribution is 14.1. The predicted octanol–water partition coefficient (Wildman–Crippen LogP) is 8.92. The van der Waals surface area contributed by atoms with E-state index >= 15 is 0 Å². The number of hydrogen-bond donors (Lipinski definition) is 0. The average Bonchev–Trinajstić information content (AvgIpc) is 3.57. The molecule has 184 valence electrons. The number of halogens is 1. The fourth-order valence-electron chi connectivity index (χ4n) is 6.80. The van der Waals surface area contributed by atoms with Gasteiger partial charge in [-0.05, 0) is 62.9 Å². The molecule has 4 aromatic carbocycles. The summed E-state index contributed by atoms with van der Waals surface area (Å²) in [5.41, 5.74) is 9.58. The van der Waals surface area contributed by atoms with E-state index < -0.39 is 0 Å². The lowest BCUT2D eigenvalue weighted by atomic mass is 9.75. The number of hydrogen-bond acceptors (Lipinski definition) is 4. The zero-order valence-electron chi connectivity index (χ0n) is 21.0. The van der Waals surface area contributed by atoms with E-state index in [0.717, 1.165) is 36.9 Å². The van der Waals surface area contributed by atoms with Gasteiger partial charge in [0.1, 0.15) is 11.2 Å². The number of para-hydroxylation sites is 2. The third kappa shape index (κ3) is 2.91. The van der Waals surface area contributed by atoms with Crippen LogP contribution in [0, 0.1) is 3.57 Å². The van der Waals surface area contributed by atoms with Crippen LogP contribution >= 0.6 is 22.6 Å². The molecule has 0 saturated carbocycles. The SMILES string of the molecule is CC1(C)c2ccccc2C2C1c1ccccc1N2c1nc(-c2ccccc2)c2oc3c(I)cccc3c2n1. The topological polar surface area (TPSA) is 42.2 Å². The molecule has 3 heterocycles. The van der Waals surface area contributed by atoms with Crippen molar-refractivity contribution >= 4 is 56.3 Å². The maximum absolute atomic E-state index is 6.48. The Morgan fingerprint density at radius 3 is 2.34 bits per heavy atom. The van der Waals surface area contributed by atoms with E-state index in [1.165, 1.54) is 22.4 Å². The van der Waals surface area contributed by atoms with E-state index in [0.29, 0.717) is 11.9 Å². The highest BCUT2D eigenvalue weighted by Crippen LogP contribution is 2.64. The summed E-state index contributed by atoms with van der Waals surface area (Å²) in [5.74, 6) is 1.02. The Balaban J connectivity index is 1.46. The summed E-state index contributed by atoms with van der Waals surface area (Å²) in [6, 6.07) is 34.4. The van der Waals surface area contributed by atoms with Gasteiger partial charge in [-0.3, -0.25) is 0 Å². The first kappa shape index (κ1) is 22.3. The third-order valence-corrected chi connectivity index (χ3v) is 9.27. The van der Waals surface area contributed by atoms with Gasteiger partial charge in [-0.2, -0.15) is 0 Å². The molecule has 4 nitrogen and oxygen atoms in total. The van der Waals surface area contributed by atoms with Crippen molar-refractivity contribution in [3.63, 3.8) is 0 Å². The molecule has 6 aromatic rings. The molecule has 0 spiro atoms. The van der Waals surface area contributed by atoms with Gasteiger partial charge < -0.3 is 9.32 Å². The summed E-state index contributed by atoms with van der Waals surface area (Å²) in [5, 5.41) is 1.02. The van der Waals surface area contributed by atoms with Crippen LogP contribution in [0.5, 0.6) is 0 Å². The molecule has 2 atom stereocenters. The van der Waals surface area contributed by atoms with Crippen LogP contribution in [0.15, 0.2) is 101 Å². The molecule has 8 rings (SSSR count). The van der Waals surface area contributed by atoms with Gasteiger partial charge in [0.25, 0.3) is 0 Å². The van der Waals surface area contributed by atoms with Crippen molar-refractivity contribution in [3.8, 4) is 11.3 Å². The van der Waals surface area contributed by atoms with Gasteiger partial charge in [0, 0.05) is 22.6 Å². The largest absolute Gasteiger partial charge is 0.451 e. The Hall–Kier alpha value is -3.71. The molecule has 0 fully saturated rings. The van der Waals surface area contributed by atoms with Crippen LogP contribution < -0.4 is 4.90 Å². The first-order chi connectivity index (χ1) is 18.5. The number of aromatic nitrogens is 2. The number of nitrogens with zero attached hydrogens (tertiary/aromatic N) is 3. The van der Waals surface area contributed by atoms with Crippen molar-refractivity contribution in [3.05, 3.63) is 117 Å². The Morgan fingerprint density at radius 1 is 0.763 bits per heavy atom. The van der Waals surface area contributed by atoms with Crippen LogP contribution in [0.2, 0.25) is 0 Å². The maximum Gasteiger partial charge on any atom is 0.231 e. The summed E-state index contributed by atoms with van der Waals surface area (Å²) in [4.78, 5) is 12.9. The van der Waals surface area contributed by atoms with Crippen LogP contribution in [-0.4, -0.2) is 9.97 Å². The third-order valence-electron chi connectivity index (χ3n) is 8.42. The fourth-order valence-corrected chi connectivity index (χ4v) is 7.41. The van der Waals surface area contributed by atoms with Gasteiger partial charge in [-0.15, -0.1) is 0 Å². The molecular weight excluding hydrogens is 581 g/mol. The van der Waals surface area contributed by atoms with E-state index in [1.54, 1.807) is 0 Å². The van der Waals surface area contributed by atoms with Gasteiger partial charge in [-0.25, -0.2) is 9.97 Å². The van der Waals surface area contributed by atoms with E-state index in [4.69, 9.17) is 14.4 Å². The zero-order chi connectivity index (χ0) is 25.6. The second-order valence-electron chi connectivity index (χ2n) is 10.8. The first-order valence-corrected chi connectivity index (χ1v) is 14.0. The van der Waals surface area contributed by atoms with E-state index in [2.05, 4.69) is 120 Å². The lowest BCUT2D eigenvalue weighted by Gasteiger charge is -2.29. The Bertz CT molecular complexity index is 1890. The molecule has 2 aromatic heterocycles. The highest BCUT2D eigenvalue weighted by Gasteiger charge is 2.55. The van der Waals surface area contributed by atoms with Gasteiger partial charge in [0.15, 0.2) is 11.2 Å². The summed E-state index contributed by atoms with van der Waals surface area (Å²) in [6.07, 6.45) is 0. The van der Waals surface area contributed by atoms with Crippen LogP contribution in [0.4, 0.5) is 11.6 Å². The molecule has 1 aliphatic heterocycles. The summed E-state index contributed by atoms with van der Waals surface area (Å²) < 4.78 is 7.55. The van der Waals surface area contributed by atoms with Gasteiger partial charge >= 0.3 is 0 Å². The van der Waals surface area contributed by atoms with Crippen LogP contribution in [0.1, 0.15) is 42.5 Å². The van der Waals surface area contributed by atoms with Crippen molar-refractivity contribution in [2.75, 3.05) is 4.90 Å². The lowest BCUT2D eigenvalue weighted by molar-refractivity contribution is 0.419. The summed E-state index contributed by atoms with van der Waals surface area (Å²) in [6.45, 7) is 4.75. The Kier molecular flexibility index (Phi) is 4.63. The lowest BCUT2D eigenvalue weighted by Crippen LogP contribution is -2.26. The number of rotatable bonds is 2. The van der Waals surface area contributed by atoms with Crippen LogP contribution in [-0.2, 0) is 5.41 Å². The Morgan fingerprint density at radius 2 is 1.50 bits per heavy atom. The normalized spacial score (nSPS) is 19.1. The van der Waals surface area contributed by atoms with E-state index in [-0.39, 0.29) is 11.5 Å². The van der Waals surface area contributed by atoms with E-state index in [1.807, 2.05) is 18.2 Å². The average molecular weight is 605 g/mol. The summed E-state index contributed by atoms with van der Waals surface area (Å²) in [7, 11) is 0. The van der Waals surface area contributed by atoms with Crippen molar-refractivity contribution in [2.45, 2.75) is 31.2 Å². The second kappa shape index (κ2) is 7.90. The van der Waals surface area contributed by atoms with Crippen molar-refractivity contribution in [2.24, 2.45) is 0 Å². The minimum Gasteiger partial charge on any atom is -0.451 e. The first-order valence-electron chi connectivity index (χ1n) is 13.0. The minimum absolute atomic E-state index is 0.0169. The second-order valence-corrected chi connectivity index (χ2v) is 12.0. The molecule has 2 unspecified atom stereocenters. The number of benzene rings is 4. The highest BCUT2D eigenvalue weighted by atomic mass is 127. The maximum atomic E-state index is 6.48. The molecule has 0 bridgehead atoms. The van der Waals surface area contributed by atoms with Gasteiger partial charge in [-0.1, -0.05) is 92.7 Å². The van der Waals surface area contributed by atoms with Crippen LogP contribution in [0.25, 0.3) is 33.3 Å². The standard InChI is InChI=1S/C33H24IN3O/c1-33(2)23-16-8-6-13-20(23)29-26(33)21-14-7-9-18-25(21)37(29)32-35-27(19-11-4-3-5-12-19)31-28(36-32)22-15-10-17-24(34)30(22)38-31/h3-18,26,29H,1-2H3. The van der Waals surface area contributed by atoms with Crippen molar-refractivity contribution in [1.29, 1.82) is 0 Å². The molecule has 5 heteroatoms. The van der Waals surface area contributed by atoms with Gasteiger partial charge in [0.2, 0.25) is 5.95 Å².